The van der Waals surface area contributed by atoms with Crippen LogP contribution in [0.4, 0.5) is 0 Å². The minimum Gasteiger partial charge on any atom is -0.653 e. The summed E-state index contributed by atoms with van der Waals surface area (Å²) in [5.74, 6) is 0. The zero-order chi connectivity index (χ0) is 6.83. The van der Waals surface area contributed by atoms with Gasteiger partial charge in [0.15, 0.2) is 0 Å². The van der Waals surface area contributed by atoms with E-state index < -0.39 is 0 Å². The second-order valence-corrected chi connectivity index (χ2v) is 0.805. The standard InChI is InChI=1S/C3H5O2.C3H5.Zn/c1-2-5-3-4;1-3-2;/h2H2,1H3;3H,1-2H2;/q2*-1;+2. The van der Waals surface area contributed by atoms with Gasteiger partial charge in [-0.15, -0.1) is 0 Å². The third-order valence-electron chi connectivity index (χ3n) is 0.203. The Morgan fingerprint density at radius 1 is 1.89 bits per heavy atom. The van der Waals surface area contributed by atoms with Gasteiger partial charge >= 0.3 is 19.5 Å². The molecule has 0 saturated heterocycles. The fourth-order valence-corrected chi connectivity index (χ4v) is 0.0589. The van der Waals surface area contributed by atoms with Gasteiger partial charge in [0.2, 0.25) is 0 Å². The molecule has 3 heteroatoms. The zero-order valence-electron chi connectivity index (χ0n) is 5.72. The van der Waals surface area contributed by atoms with E-state index in [2.05, 4.69) is 18.2 Å². The van der Waals surface area contributed by atoms with E-state index in [0.29, 0.717) is 6.61 Å². The van der Waals surface area contributed by atoms with E-state index in [1.807, 2.05) is 0 Å². The first-order valence-corrected chi connectivity index (χ1v) is 2.22. The molecule has 0 aliphatic heterocycles. The topological polar surface area (TPSA) is 26.3 Å². The largest absolute Gasteiger partial charge is 2.00 e. The van der Waals surface area contributed by atoms with Crippen molar-refractivity contribution >= 4 is 6.47 Å². The molecule has 0 radical (unpaired) electrons. The Hall–Kier alpha value is -0.297. The van der Waals surface area contributed by atoms with E-state index in [0.717, 1.165) is 0 Å². The molecule has 0 N–H and O–H groups in total. The van der Waals surface area contributed by atoms with Gasteiger partial charge < -0.3 is 9.53 Å². The van der Waals surface area contributed by atoms with Crippen LogP contribution in [0.1, 0.15) is 6.92 Å². The van der Waals surface area contributed by atoms with Crippen LogP contribution < -0.4 is 0 Å². The van der Waals surface area contributed by atoms with E-state index in [9.17, 15) is 0 Å². The molecule has 0 amide bonds. The summed E-state index contributed by atoms with van der Waals surface area (Å²) in [7, 11) is 0. The second-order valence-electron chi connectivity index (χ2n) is 0.805. The molecule has 0 aromatic rings. The third kappa shape index (κ3) is 86.4. The van der Waals surface area contributed by atoms with Gasteiger partial charge in [0.25, 0.3) is 0 Å². The molecular formula is C6H10O2Zn. The van der Waals surface area contributed by atoms with Crippen LogP contribution in [-0.4, -0.2) is 13.1 Å². The van der Waals surface area contributed by atoms with E-state index in [1.54, 1.807) is 6.92 Å². The van der Waals surface area contributed by atoms with Gasteiger partial charge in [0, 0.05) is 6.61 Å². The van der Waals surface area contributed by atoms with E-state index >= 15 is 0 Å². The summed E-state index contributed by atoms with van der Waals surface area (Å²) in [4.78, 5) is 9.06. The molecule has 9 heavy (non-hydrogen) atoms. The average Bonchev–Trinajstić information content (AvgIpc) is 1.71. The summed E-state index contributed by atoms with van der Waals surface area (Å²) in [5.41, 5.74) is 0. The van der Waals surface area contributed by atoms with Crippen molar-refractivity contribution in [3.63, 3.8) is 0 Å². The number of ether oxygens (including phenoxy) is 1. The number of hydrogen-bond acceptors (Lipinski definition) is 2. The van der Waals surface area contributed by atoms with Crippen LogP contribution in [-0.2, 0) is 29.0 Å². The smallest absolute Gasteiger partial charge is 0.653 e. The molecule has 0 rings (SSSR count). The SMILES string of the molecule is C=C[CH2-].CCO[C-]=O.[Zn+2]. The van der Waals surface area contributed by atoms with Crippen molar-refractivity contribution in [2.24, 2.45) is 0 Å². The maximum atomic E-state index is 9.06. The Kier molecular flexibility index (Phi) is 44.5. The normalized spacial score (nSPS) is 5.00. The number of carbonyl (C=O) groups excluding carboxylic acids is 1. The number of hydrogen-bond donors (Lipinski definition) is 0. The maximum Gasteiger partial charge on any atom is 2.00 e. The predicted octanol–water partition coefficient (Wildman–Crippen LogP) is 1.09. The van der Waals surface area contributed by atoms with Crippen LogP contribution in [0, 0.1) is 6.92 Å². The van der Waals surface area contributed by atoms with Crippen LogP contribution in [0.2, 0.25) is 0 Å². The van der Waals surface area contributed by atoms with Gasteiger partial charge in [-0.3, -0.25) is 0 Å². The Balaban J connectivity index is -0.0000000800. The molecule has 0 spiro atoms. The molecule has 2 nitrogen and oxygen atoms in total. The quantitative estimate of drug-likeness (QED) is 0.469. The average molecular weight is 180 g/mol. The Morgan fingerprint density at radius 2 is 2.22 bits per heavy atom. The summed E-state index contributed by atoms with van der Waals surface area (Å²) < 4.78 is 4.03. The van der Waals surface area contributed by atoms with Crippen LogP contribution in [0.3, 0.4) is 0 Å². The molecule has 0 heterocycles. The van der Waals surface area contributed by atoms with Gasteiger partial charge in [-0.05, 0) is 6.92 Å². The monoisotopic (exact) mass is 178 g/mol. The fraction of sp³-hybridized carbons (Fsp3) is 0.333. The maximum absolute atomic E-state index is 9.06. The van der Waals surface area contributed by atoms with Crippen LogP contribution >= 0.6 is 0 Å². The Labute approximate surface area is 69.0 Å². The van der Waals surface area contributed by atoms with E-state index in [4.69, 9.17) is 4.79 Å². The van der Waals surface area contributed by atoms with Crippen molar-refractivity contribution < 1.29 is 29.0 Å². The Morgan fingerprint density at radius 3 is 2.22 bits per heavy atom. The van der Waals surface area contributed by atoms with Crippen molar-refractivity contribution in [2.45, 2.75) is 6.92 Å². The molecule has 0 aliphatic rings. The van der Waals surface area contributed by atoms with Crippen molar-refractivity contribution in [3.8, 4) is 0 Å². The van der Waals surface area contributed by atoms with Gasteiger partial charge in [0.05, 0.1) is 0 Å². The van der Waals surface area contributed by atoms with E-state index in [-0.39, 0.29) is 19.5 Å². The predicted molar refractivity (Wildman–Crippen MR) is 32.9 cm³/mol. The van der Waals surface area contributed by atoms with Gasteiger partial charge in [-0.25, -0.2) is 19.6 Å². The summed E-state index contributed by atoms with van der Waals surface area (Å²) in [6.07, 6.45) is 1.50. The van der Waals surface area contributed by atoms with Crippen molar-refractivity contribution in [2.75, 3.05) is 6.61 Å². The summed E-state index contributed by atoms with van der Waals surface area (Å²) in [5, 5.41) is 0. The number of allylic oxidation sites excluding steroid dienone is 1. The fourth-order valence-electron chi connectivity index (χ4n) is 0.0589. The molecule has 0 aromatic carbocycles. The first kappa shape index (κ1) is 15.9. The zero-order valence-corrected chi connectivity index (χ0v) is 8.69. The minimum absolute atomic E-state index is 0. The van der Waals surface area contributed by atoms with Gasteiger partial charge in [-0.2, -0.15) is 0 Å². The van der Waals surface area contributed by atoms with Crippen molar-refractivity contribution in [1.29, 1.82) is 0 Å². The number of rotatable bonds is 2. The molecule has 0 bridgehead atoms. The second kappa shape index (κ2) is 25.2. The molecule has 0 unspecified atom stereocenters. The molecule has 0 aromatic heterocycles. The molecule has 48 valence electrons. The molecule has 0 atom stereocenters. The van der Waals surface area contributed by atoms with Gasteiger partial charge in [0.1, 0.15) is 0 Å². The summed E-state index contributed by atoms with van der Waals surface area (Å²) >= 11 is 0. The minimum atomic E-state index is 0. The van der Waals surface area contributed by atoms with Gasteiger partial charge in [-0.1, -0.05) is 6.47 Å². The van der Waals surface area contributed by atoms with Crippen LogP contribution in [0.25, 0.3) is 0 Å². The first-order valence-electron chi connectivity index (χ1n) is 2.22. The van der Waals surface area contributed by atoms with E-state index in [1.165, 1.54) is 12.5 Å². The van der Waals surface area contributed by atoms with Crippen molar-refractivity contribution in [1.82, 2.24) is 0 Å². The summed E-state index contributed by atoms with van der Waals surface area (Å²) in [6.45, 7) is 9.91. The van der Waals surface area contributed by atoms with Crippen molar-refractivity contribution in [3.05, 3.63) is 19.6 Å². The summed E-state index contributed by atoms with van der Waals surface area (Å²) in [6, 6.07) is 0. The van der Waals surface area contributed by atoms with Crippen LogP contribution in [0.5, 0.6) is 0 Å². The molecule has 0 fully saturated rings. The molecular weight excluding hydrogens is 169 g/mol. The molecule has 0 aliphatic carbocycles. The third-order valence-corrected chi connectivity index (χ3v) is 0.203. The molecule has 0 saturated carbocycles. The Bertz CT molecular complexity index is 55.0. The first-order chi connectivity index (χ1) is 3.83. The van der Waals surface area contributed by atoms with Crippen LogP contribution in [0.15, 0.2) is 12.7 Å².